The minimum Gasteiger partial charge on any atom is -0.465 e. The number of carbonyl (C=O) groups excluding carboxylic acids is 3. The molecule has 0 saturated carbocycles. The largest absolute Gasteiger partial charge is 0.465 e. The van der Waals surface area contributed by atoms with Gasteiger partial charge in [0.05, 0.1) is 23.7 Å². The van der Waals surface area contributed by atoms with E-state index in [1.165, 1.54) is 19.1 Å². The van der Waals surface area contributed by atoms with Crippen molar-refractivity contribution >= 4 is 23.4 Å². The lowest BCUT2D eigenvalue weighted by Gasteiger charge is -2.13. The van der Waals surface area contributed by atoms with Gasteiger partial charge in [-0.25, -0.2) is 4.79 Å². The van der Waals surface area contributed by atoms with E-state index in [0.29, 0.717) is 0 Å². The highest BCUT2D eigenvalue weighted by atomic mass is 16.6. The number of ketones is 1. The summed E-state index contributed by atoms with van der Waals surface area (Å²) in [6.45, 7) is 4.69. The van der Waals surface area contributed by atoms with Crippen LogP contribution in [0.2, 0.25) is 0 Å². The first kappa shape index (κ1) is 19.3. The third-order valence-electron chi connectivity index (χ3n) is 3.28. The van der Waals surface area contributed by atoms with Gasteiger partial charge in [-0.2, -0.15) is 0 Å². The third-order valence-corrected chi connectivity index (χ3v) is 3.28. The van der Waals surface area contributed by atoms with E-state index in [2.05, 4.69) is 0 Å². The normalized spacial score (nSPS) is 11.5. The van der Waals surface area contributed by atoms with Crippen LogP contribution in [-0.4, -0.2) is 35.9 Å². The van der Waals surface area contributed by atoms with Crippen molar-refractivity contribution in [1.82, 2.24) is 0 Å². The Labute approximate surface area is 138 Å². The van der Waals surface area contributed by atoms with E-state index in [1.54, 1.807) is 13.8 Å². The molecule has 0 aliphatic carbocycles. The van der Waals surface area contributed by atoms with Crippen LogP contribution in [0.1, 0.15) is 36.7 Å². The molecule has 8 heteroatoms. The van der Waals surface area contributed by atoms with Crippen molar-refractivity contribution in [2.75, 3.05) is 13.2 Å². The number of hydrogen-bond donors (Lipinski definition) is 0. The van der Waals surface area contributed by atoms with Crippen LogP contribution >= 0.6 is 0 Å². The first-order valence-corrected chi connectivity index (χ1v) is 7.43. The molecule has 0 aromatic heterocycles. The predicted octanol–water partition coefficient (Wildman–Crippen LogP) is 2.08. The Balaban J connectivity index is 3.18. The van der Waals surface area contributed by atoms with E-state index >= 15 is 0 Å². The lowest BCUT2D eigenvalue weighted by atomic mass is 9.94. The Morgan fingerprint density at radius 1 is 1.17 bits per heavy atom. The van der Waals surface area contributed by atoms with E-state index < -0.39 is 28.6 Å². The molecule has 0 spiro atoms. The summed E-state index contributed by atoms with van der Waals surface area (Å²) in [6.07, 6.45) is -0.173. The van der Waals surface area contributed by atoms with Crippen molar-refractivity contribution in [3.05, 3.63) is 39.4 Å². The molecular formula is C16H19NO7. The number of carbonyl (C=O) groups is 3. The second-order valence-electron chi connectivity index (χ2n) is 4.94. The Bertz CT molecular complexity index is 654. The number of ether oxygens (including phenoxy) is 2. The van der Waals surface area contributed by atoms with Crippen molar-refractivity contribution in [3.63, 3.8) is 0 Å². The summed E-state index contributed by atoms with van der Waals surface area (Å²) < 4.78 is 9.63. The van der Waals surface area contributed by atoms with Gasteiger partial charge in [0.2, 0.25) is 0 Å². The number of esters is 2. The van der Waals surface area contributed by atoms with Gasteiger partial charge in [0.15, 0.2) is 0 Å². The molecule has 1 aromatic rings. The molecule has 0 aliphatic heterocycles. The monoisotopic (exact) mass is 337 g/mol. The van der Waals surface area contributed by atoms with Crippen LogP contribution in [0, 0.1) is 16.0 Å². The lowest BCUT2D eigenvalue weighted by Crippen LogP contribution is -2.26. The Morgan fingerprint density at radius 2 is 1.79 bits per heavy atom. The Morgan fingerprint density at radius 3 is 2.29 bits per heavy atom. The number of rotatable bonds is 8. The van der Waals surface area contributed by atoms with E-state index in [0.717, 1.165) is 6.07 Å². The average Bonchev–Trinajstić information content (AvgIpc) is 2.52. The standard InChI is InChI=1S/C16H19NO7/c1-4-23-15(19)12-7-6-11(14(9-12)17(21)22)8-13(10(3)18)16(20)24-5-2/h6-7,9,13H,4-5,8H2,1-3H3. The summed E-state index contributed by atoms with van der Waals surface area (Å²) in [6, 6.07) is 3.79. The van der Waals surface area contributed by atoms with E-state index in [-0.39, 0.29) is 36.4 Å². The van der Waals surface area contributed by atoms with Gasteiger partial charge in [0, 0.05) is 11.6 Å². The topological polar surface area (TPSA) is 113 Å². The van der Waals surface area contributed by atoms with Crippen LogP contribution in [0.15, 0.2) is 18.2 Å². The summed E-state index contributed by atoms with van der Waals surface area (Å²) in [5.41, 5.74) is -0.153. The zero-order chi connectivity index (χ0) is 18.3. The van der Waals surface area contributed by atoms with Crippen LogP contribution in [0.25, 0.3) is 0 Å². The molecule has 24 heavy (non-hydrogen) atoms. The highest BCUT2D eigenvalue weighted by Crippen LogP contribution is 2.24. The fourth-order valence-corrected chi connectivity index (χ4v) is 2.10. The number of nitro benzene ring substituents is 1. The first-order chi connectivity index (χ1) is 11.3. The number of benzene rings is 1. The molecule has 0 aliphatic rings. The van der Waals surface area contributed by atoms with E-state index in [1.807, 2.05) is 0 Å². The van der Waals surface area contributed by atoms with E-state index in [4.69, 9.17) is 9.47 Å². The summed E-state index contributed by atoms with van der Waals surface area (Å²) in [4.78, 5) is 45.8. The van der Waals surface area contributed by atoms with Gasteiger partial charge in [-0.05, 0) is 33.3 Å². The maximum atomic E-state index is 11.8. The highest BCUT2D eigenvalue weighted by molar-refractivity contribution is 5.98. The molecule has 0 amide bonds. The van der Waals surface area contributed by atoms with Crippen molar-refractivity contribution in [2.24, 2.45) is 5.92 Å². The van der Waals surface area contributed by atoms with Crippen molar-refractivity contribution < 1.29 is 28.8 Å². The summed E-state index contributed by atoms with van der Waals surface area (Å²) in [5, 5.41) is 11.3. The van der Waals surface area contributed by atoms with Crippen LogP contribution in [0.4, 0.5) is 5.69 Å². The van der Waals surface area contributed by atoms with E-state index in [9.17, 15) is 24.5 Å². The predicted molar refractivity (Wildman–Crippen MR) is 83.6 cm³/mol. The van der Waals surface area contributed by atoms with Gasteiger partial charge >= 0.3 is 11.9 Å². The molecule has 1 unspecified atom stereocenters. The summed E-state index contributed by atoms with van der Waals surface area (Å²) in [7, 11) is 0. The van der Waals surface area contributed by atoms with Crippen molar-refractivity contribution in [2.45, 2.75) is 27.2 Å². The quantitative estimate of drug-likeness (QED) is 0.309. The second kappa shape index (κ2) is 8.76. The van der Waals surface area contributed by atoms with Crippen LogP contribution < -0.4 is 0 Å². The number of nitrogens with zero attached hydrogens (tertiary/aromatic N) is 1. The van der Waals surface area contributed by atoms with Gasteiger partial charge in [-0.15, -0.1) is 0 Å². The molecule has 0 bridgehead atoms. The number of nitro groups is 1. The number of hydrogen-bond acceptors (Lipinski definition) is 7. The van der Waals surface area contributed by atoms with Crippen LogP contribution in [0.3, 0.4) is 0 Å². The molecule has 8 nitrogen and oxygen atoms in total. The molecule has 1 rings (SSSR count). The molecule has 0 fully saturated rings. The minimum atomic E-state index is -1.13. The van der Waals surface area contributed by atoms with Gasteiger partial charge in [-0.1, -0.05) is 6.07 Å². The minimum absolute atomic E-state index is 0.0304. The number of Topliss-reactive ketones (excluding diaryl/α,β-unsaturated/α-hetero) is 1. The van der Waals surface area contributed by atoms with Gasteiger partial charge < -0.3 is 9.47 Å². The lowest BCUT2D eigenvalue weighted by molar-refractivity contribution is -0.385. The fraction of sp³-hybridized carbons (Fsp3) is 0.438. The zero-order valence-corrected chi connectivity index (χ0v) is 13.7. The molecule has 1 aromatic carbocycles. The molecule has 1 atom stereocenters. The Hall–Kier alpha value is -2.77. The molecule has 0 saturated heterocycles. The van der Waals surface area contributed by atoms with Gasteiger partial charge in [0.25, 0.3) is 5.69 Å². The average molecular weight is 337 g/mol. The molecule has 130 valence electrons. The maximum Gasteiger partial charge on any atom is 0.338 e. The molecule has 0 heterocycles. The first-order valence-electron chi connectivity index (χ1n) is 7.43. The van der Waals surface area contributed by atoms with Crippen LogP contribution in [0.5, 0.6) is 0 Å². The Kier molecular flexibility index (Phi) is 7.03. The second-order valence-corrected chi connectivity index (χ2v) is 4.94. The smallest absolute Gasteiger partial charge is 0.338 e. The maximum absolute atomic E-state index is 11.8. The van der Waals surface area contributed by atoms with Crippen molar-refractivity contribution in [1.29, 1.82) is 0 Å². The highest BCUT2D eigenvalue weighted by Gasteiger charge is 2.29. The zero-order valence-electron chi connectivity index (χ0n) is 13.7. The van der Waals surface area contributed by atoms with Gasteiger partial charge in [-0.3, -0.25) is 19.7 Å². The molecule has 0 radical (unpaired) electrons. The van der Waals surface area contributed by atoms with Crippen molar-refractivity contribution in [3.8, 4) is 0 Å². The van der Waals surface area contributed by atoms with Gasteiger partial charge in [0.1, 0.15) is 11.7 Å². The molecular weight excluding hydrogens is 318 g/mol. The summed E-state index contributed by atoms with van der Waals surface area (Å²) in [5.74, 6) is -2.98. The third kappa shape index (κ3) is 4.87. The molecule has 0 N–H and O–H groups in total. The SMILES string of the molecule is CCOC(=O)c1ccc(CC(C(C)=O)C(=O)OCC)c([N+](=O)[O-])c1. The van der Waals surface area contributed by atoms with Crippen LogP contribution in [-0.2, 0) is 25.5 Å². The fourth-order valence-electron chi connectivity index (χ4n) is 2.10. The summed E-state index contributed by atoms with van der Waals surface area (Å²) >= 11 is 0.